The Bertz CT molecular complexity index is 1300. The SMILES string of the molecule is CC[C@@]1(O)C(=O)OCc2c1cc1n(c2=O)Cc2cc3c(CNC)c(P)ccc3nc2-1. The van der Waals surface area contributed by atoms with Crippen LogP contribution >= 0.6 is 9.24 Å². The lowest BCUT2D eigenvalue weighted by Crippen LogP contribution is -2.44. The summed E-state index contributed by atoms with van der Waals surface area (Å²) >= 11 is 0. The van der Waals surface area contributed by atoms with E-state index in [2.05, 4.69) is 20.6 Å². The molecule has 1 unspecified atom stereocenters. The molecule has 3 aromatic rings. The third-order valence-electron chi connectivity index (χ3n) is 6.19. The van der Waals surface area contributed by atoms with E-state index in [0.29, 0.717) is 35.6 Å². The first kappa shape index (κ1) is 19.4. The van der Waals surface area contributed by atoms with Gasteiger partial charge in [0.15, 0.2) is 5.60 Å². The van der Waals surface area contributed by atoms with Gasteiger partial charge < -0.3 is 19.7 Å². The molecule has 0 radical (unpaired) electrons. The largest absolute Gasteiger partial charge is 0.458 e. The van der Waals surface area contributed by atoms with Gasteiger partial charge in [-0.05, 0) is 42.5 Å². The number of benzene rings is 1. The first-order valence-corrected chi connectivity index (χ1v) is 10.5. The van der Waals surface area contributed by atoms with Crippen molar-refractivity contribution in [1.82, 2.24) is 14.9 Å². The minimum Gasteiger partial charge on any atom is -0.458 e. The number of cyclic esters (lactones) is 1. The summed E-state index contributed by atoms with van der Waals surface area (Å²) in [6.45, 7) is 2.69. The van der Waals surface area contributed by atoms with Crippen LogP contribution in [-0.4, -0.2) is 27.7 Å². The predicted octanol–water partition coefficient (Wildman–Crippen LogP) is 1.30. The zero-order valence-electron chi connectivity index (χ0n) is 16.8. The Kier molecular flexibility index (Phi) is 4.33. The number of esters is 1. The topological polar surface area (TPSA) is 93.5 Å². The van der Waals surface area contributed by atoms with Gasteiger partial charge in [0.05, 0.1) is 29.0 Å². The van der Waals surface area contributed by atoms with Crippen molar-refractivity contribution in [3.05, 3.63) is 56.9 Å². The van der Waals surface area contributed by atoms with Crippen LogP contribution < -0.4 is 16.2 Å². The Morgan fingerprint density at radius 1 is 1.33 bits per heavy atom. The monoisotopic (exact) mass is 423 g/mol. The van der Waals surface area contributed by atoms with Gasteiger partial charge in [0, 0.05) is 23.1 Å². The molecule has 1 aromatic carbocycles. The molecule has 0 spiro atoms. The van der Waals surface area contributed by atoms with Crippen LogP contribution in [-0.2, 0) is 34.8 Å². The van der Waals surface area contributed by atoms with Crippen LogP contribution in [0.2, 0.25) is 0 Å². The summed E-state index contributed by atoms with van der Waals surface area (Å²) in [4.78, 5) is 30.4. The zero-order chi connectivity index (χ0) is 21.2. The predicted molar refractivity (Wildman–Crippen MR) is 117 cm³/mol. The molecule has 0 saturated carbocycles. The average molecular weight is 423 g/mol. The minimum atomic E-state index is -1.81. The van der Waals surface area contributed by atoms with Gasteiger partial charge in [0.25, 0.3) is 5.56 Å². The number of aliphatic hydroxyl groups is 1. The Labute approximate surface area is 175 Å². The van der Waals surface area contributed by atoms with Crippen molar-refractivity contribution in [2.24, 2.45) is 0 Å². The van der Waals surface area contributed by atoms with Crippen LogP contribution in [0.4, 0.5) is 0 Å². The molecule has 0 amide bonds. The number of nitrogens with zero attached hydrogens (tertiary/aromatic N) is 2. The van der Waals surface area contributed by atoms with Crippen molar-refractivity contribution < 1.29 is 14.6 Å². The number of hydrogen-bond acceptors (Lipinski definition) is 6. The summed E-state index contributed by atoms with van der Waals surface area (Å²) in [6.07, 6.45) is 0.129. The van der Waals surface area contributed by atoms with Gasteiger partial charge in [-0.15, -0.1) is 9.24 Å². The van der Waals surface area contributed by atoms with E-state index in [4.69, 9.17) is 9.72 Å². The number of pyridine rings is 2. The van der Waals surface area contributed by atoms with E-state index >= 15 is 0 Å². The van der Waals surface area contributed by atoms with E-state index in [0.717, 1.165) is 27.3 Å². The Balaban J connectivity index is 1.77. The number of ether oxygens (including phenoxy) is 1. The lowest BCUT2D eigenvalue weighted by atomic mass is 9.86. The third-order valence-corrected chi connectivity index (χ3v) is 6.73. The van der Waals surface area contributed by atoms with Crippen molar-refractivity contribution in [2.45, 2.75) is 38.6 Å². The van der Waals surface area contributed by atoms with E-state index < -0.39 is 11.6 Å². The van der Waals surface area contributed by atoms with Gasteiger partial charge >= 0.3 is 5.97 Å². The molecule has 8 heteroatoms. The Morgan fingerprint density at radius 3 is 2.87 bits per heavy atom. The fourth-order valence-corrected chi connectivity index (χ4v) is 4.86. The number of rotatable bonds is 3. The highest BCUT2D eigenvalue weighted by Crippen LogP contribution is 2.38. The van der Waals surface area contributed by atoms with Crippen molar-refractivity contribution >= 4 is 31.4 Å². The second-order valence-electron chi connectivity index (χ2n) is 7.83. The van der Waals surface area contributed by atoms with Gasteiger partial charge in [-0.2, -0.15) is 0 Å². The second-order valence-corrected chi connectivity index (χ2v) is 8.45. The molecular weight excluding hydrogens is 401 g/mol. The molecule has 0 bridgehead atoms. The second kappa shape index (κ2) is 6.71. The molecular formula is C22H22N3O4P. The number of carbonyl (C=O) groups is 1. The smallest absolute Gasteiger partial charge is 0.343 e. The fraction of sp³-hybridized carbons (Fsp3) is 0.318. The quantitative estimate of drug-likeness (QED) is 0.381. The molecule has 7 nitrogen and oxygen atoms in total. The maximum atomic E-state index is 13.2. The normalized spacial score (nSPS) is 19.4. The maximum absolute atomic E-state index is 13.2. The summed E-state index contributed by atoms with van der Waals surface area (Å²) < 4.78 is 6.78. The zero-order valence-corrected chi connectivity index (χ0v) is 17.9. The van der Waals surface area contributed by atoms with E-state index in [-0.39, 0.29) is 18.6 Å². The van der Waals surface area contributed by atoms with Crippen LogP contribution in [0.15, 0.2) is 29.1 Å². The Hall–Kier alpha value is -2.60. The summed E-state index contributed by atoms with van der Waals surface area (Å²) in [5, 5.41) is 16.3. The lowest BCUT2D eigenvalue weighted by molar-refractivity contribution is -0.172. The number of aromatic nitrogens is 2. The highest BCUT2D eigenvalue weighted by atomic mass is 31.0. The van der Waals surface area contributed by atoms with E-state index in [1.165, 1.54) is 0 Å². The molecule has 4 heterocycles. The first-order valence-electron chi connectivity index (χ1n) is 9.91. The number of carbonyl (C=O) groups excluding carboxylic acids is 1. The van der Waals surface area contributed by atoms with Gasteiger partial charge in [-0.1, -0.05) is 13.0 Å². The van der Waals surface area contributed by atoms with E-state index in [1.807, 2.05) is 19.2 Å². The van der Waals surface area contributed by atoms with Gasteiger partial charge in [-0.3, -0.25) is 4.79 Å². The van der Waals surface area contributed by atoms with Crippen molar-refractivity contribution in [1.29, 1.82) is 0 Å². The lowest BCUT2D eigenvalue weighted by Gasteiger charge is -2.31. The molecule has 0 aliphatic carbocycles. The summed E-state index contributed by atoms with van der Waals surface area (Å²) in [5.41, 5.74) is 2.90. The number of hydrogen-bond donors (Lipinski definition) is 2. The van der Waals surface area contributed by atoms with Gasteiger partial charge in [0.2, 0.25) is 0 Å². The molecule has 0 fully saturated rings. The molecule has 2 N–H and O–H groups in total. The van der Waals surface area contributed by atoms with Crippen molar-refractivity contribution in [2.75, 3.05) is 7.05 Å². The molecule has 2 aliphatic rings. The molecule has 2 atom stereocenters. The maximum Gasteiger partial charge on any atom is 0.343 e. The summed E-state index contributed by atoms with van der Waals surface area (Å²) in [6, 6.07) is 7.82. The standard InChI is InChI=1S/C22H22N3O4P/c1-3-22(28)15-7-17-19-11(9-25(17)20(26)14(15)10-29-21(22)27)6-12-13(8-23-2)18(30)5-4-16(12)24-19/h4-7,23,28H,3,8-10,30H2,1-2H3/t22-/m0/s1. The molecule has 5 rings (SSSR count). The van der Waals surface area contributed by atoms with Crippen molar-refractivity contribution in [3.63, 3.8) is 0 Å². The fourth-order valence-electron chi connectivity index (χ4n) is 4.50. The van der Waals surface area contributed by atoms with Crippen LogP contribution in [0, 0.1) is 0 Å². The first-order chi connectivity index (χ1) is 14.4. The van der Waals surface area contributed by atoms with E-state index in [9.17, 15) is 14.7 Å². The minimum absolute atomic E-state index is 0.121. The number of nitrogens with one attached hydrogen (secondary N) is 1. The third kappa shape index (κ3) is 2.52. The van der Waals surface area contributed by atoms with Crippen LogP contribution in [0.25, 0.3) is 22.3 Å². The average Bonchev–Trinajstić information content (AvgIpc) is 3.10. The van der Waals surface area contributed by atoms with Crippen molar-refractivity contribution in [3.8, 4) is 11.4 Å². The molecule has 0 saturated heterocycles. The summed E-state index contributed by atoms with van der Waals surface area (Å²) in [5.74, 6) is -0.712. The Morgan fingerprint density at radius 2 is 2.13 bits per heavy atom. The van der Waals surface area contributed by atoms with Crippen LogP contribution in [0.1, 0.15) is 35.6 Å². The number of fused-ring (bicyclic) bond motifs is 5. The highest BCUT2D eigenvalue weighted by molar-refractivity contribution is 7.27. The molecule has 30 heavy (non-hydrogen) atoms. The van der Waals surface area contributed by atoms with E-state index in [1.54, 1.807) is 17.6 Å². The van der Waals surface area contributed by atoms with Gasteiger partial charge in [-0.25, -0.2) is 9.78 Å². The summed E-state index contributed by atoms with van der Waals surface area (Å²) in [7, 11) is 4.67. The highest BCUT2D eigenvalue weighted by Gasteiger charge is 2.45. The molecule has 2 aromatic heterocycles. The van der Waals surface area contributed by atoms with Crippen LogP contribution in [0.5, 0.6) is 0 Å². The molecule has 2 aliphatic heterocycles. The van der Waals surface area contributed by atoms with Crippen LogP contribution in [0.3, 0.4) is 0 Å². The molecule has 154 valence electrons. The van der Waals surface area contributed by atoms with Gasteiger partial charge in [0.1, 0.15) is 6.61 Å².